The van der Waals surface area contributed by atoms with Gasteiger partial charge in [-0.05, 0) is 91.8 Å². The molecular formula is C38H43N7O7. The van der Waals surface area contributed by atoms with E-state index in [0.717, 1.165) is 31.2 Å². The Balaban J connectivity index is 0.934. The number of aliphatic hydroxyl groups excluding tert-OH is 1. The van der Waals surface area contributed by atoms with Gasteiger partial charge in [-0.25, -0.2) is 19.3 Å². The maximum atomic E-state index is 13.3. The number of aryl methyl sites for hydroxylation is 1. The van der Waals surface area contributed by atoms with Gasteiger partial charge in [0.15, 0.2) is 5.82 Å². The zero-order valence-electron chi connectivity index (χ0n) is 29.1. The van der Waals surface area contributed by atoms with E-state index in [9.17, 15) is 34.5 Å². The SMILES string of the molecule is CC(C)c1cc(-c2n[nH]c(=O)n2-c2ccc(CCC3CCN(C(=O)Nc4cccc5c4CN(C4CCC(O)NC4=O)C5=O)CC3)cc2)c(O)cc1O. The molecule has 2 atom stereocenters. The molecule has 6 N–H and O–H groups in total. The summed E-state index contributed by atoms with van der Waals surface area (Å²) >= 11 is 0. The lowest BCUT2D eigenvalue weighted by Gasteiger charge is -2.32. The maximum Gasteiger partial charge on any atom is 0.348 e. The Kier molecular flexibility index (Phi) is 9.49. The Morgan fingerprint density at radius 3 is 2.42 bits per heavy atom. The van der Waals surface area contributed by atoms with Crippen LogP contribution in [-0.2, 0) is 17.8 Å². The van der Waals surface area contributed by atoms with Crippen LogP contribution in [0.2, 0.25) is 0 Å². The van der Waals surface area contributed by atoms with E-state index in [4.69, 9.17) is 0 Å². The quantitative estimate of drug-likeness (QED) is 0.157. The minimum atomic E-state index is -0.903. The fraction of sp³-hybridized carbons (Fsp3) is 0.395. The van der Waals surface area contributed by atoms with Crippen molar-refractivity contribution in [2.75, 3.05) is 18.4 Å². The van der Waals surface area contributed by atoms with Crippen LogP contribution in [0.25, 0.3) is 17.1 Å². The van der Waals surface area contributed by atoms with Gasteiger partial charge in [0.25, 0.3) is 5.91 Å². The number of carbonyl (C=O) groups excluding carboxylic acids is 3. The second kappa shape index (κ2) is 14.2. The monoisotopic (exact) mass is 709 g/mol. The number of hydrogen-bond acceptors (Lipinski definition) is 8. The summed E-state index contributed by atoms with van der Waals surface area (Å²) in [5, 5.41) is 42.8. The number of nitrogens with one attached hydrogen (secondary N) is 3. The van der Waals surface area contributed by atoms with Gasteiger partial charge in [-0.3, -0.25) is 9.59 Å². The standard InChI is InChI=1S/C38H43N7O7/c1-21(2)26-18-27(32(47)19-31(26)46)34-41-42-38(52)45(34)24-10-8-22(9-11-24)6-7-23-14-16-43(17-15-23)37(51)39-29-5-3-4-25-28(29)20-44(36(25)50)30-12-13-33(48)40-35(30)49/h3-5,8-11,18-19,21,23,30,33,46-48H,6-7,12-17,20H2,1-2H3,(H,39,51)(H,40,49)(H,42,52). The first-order valence-corrected chi connectivity index (χ1v) is 17.8. The molecule has 4 aromatic rings. The van der Waals surface area contributed by atoms with Crippen molar-refractivity contribution < 1.29 is 29.7 Å². The fourth-order valence-electron chi connectivity index (χ4n) is 7.55. The van der Waals surface area contributed by atoms with Crippen LogP contribution in [-0.4, -0.2) is 83.1 Å². The number of likely N-dealkylation sites (tertiary alicyclic amines) is 1. The molecule has 272 valence electrons. The molecule has 52 heavy (non-hydrogen) atoms. The number of H-pyrrole nitrogens is 1. The first-order valence-electron chi connectivity index (χ1n) is 17.8. The molecule has 14 nitrogen and oxygen atoms in total. The summed E-state index contributed by atoms with van der Waals surface area (Å²) in [6, 6.07) is 14.9. The summed E-state index contributed by atoms with van der Waals surface area (Å²) < 4.78 is 1.40. The molecule has 4 amide bonds. The van der Waals surface area contributed by atoms with E-state index in [1.165, 1.54) is 15.5 Å². The Morgan fingerprint density at radius 1 is 0.962 bits per heavy atom. The van der Waals surface area contributed by atoms with Gasteiger partial charge in [0.1, 0.15) is 23.8 Å². The van der Waals surface area contributed by atoms with Crippen molar-refractivity contribution in [1.29, 1.82) is 0 Å². The predicted molar refractivity (Wildman–Crippen MR) is 192 cm³/mol. The largest absolute Gasteiger partial charge is 0.508 e. The predicted octanol–water partition coefficient (Wildman–Crippen LogP) is 4.19. The molecule has 3 aliphatic heterocycles. The number of aromatic hydroxyl groups is 2. The van der Waals surface area contributed by atoms with E-state index < -0.39 is 18.0 Å². The Morgan fingerprint density at radius 2 is 1.71 bits per heavy atom. The number of rotatable bonds is 8. The van der Waals surface area contributed by atoms with Crippen molar-refractivity contribution in [3.63, 3.8) is 0 Å². The van der Waals surface area contributed by atoms with Crippen LogP contribution in [0.3, 0.4) is 0 Å². The van der Waals surface area contributed by atoms with Crippen LogP contribution in [0.15, 0.2) is 59.4 Å². The zero-order valence-corrected chi connectivity index (χ0v) is 29.1. The number of anilines is 1. The van der Waals surface area contributed by atoms with Gasteiger partial charge in [-0.1, -0.05) is 32.0 Å². The number of phenols is 2. The lowest BCUT2D eigenvalue weighted by atomic mass is 9.90. The molecular weight excluding hydrogens is 666 g/mol. The number of urea groups is 1. The number of benzene rings is 3. The topological polar surface area (TPSA) is 193 Å². The minimum absolute atomic E-state index is 0.00557. The number of carbonyl (C=O) groups is 3. The smallest absolute Gasteiger partial charge is 0.348 e. The van der Waals surface area contributed by atoms with Crippen molar-refractivity contribution in [2.24, 2.45) is 5.92 Å². The van der Waals surface area contributed by atoms with Crippen LogP contribution in [0.1, 0.15) is 78.9 Å². The highest BCUT2D eigenvalue weighted by Crippen LogP contribution is 2.38. The third kappa shape index (κ3) is 6.73. The van der Waals surface area contributed by atoms with Crippen molar-refractivity contribution >= 4 is 23.5 Å². The summed E-state index contributed by atoms with van der Waals surface area (Å²) in [6.45, 7) is 5.28. The van der Waals surface area contributed by atoms with Gasteiger partial charge in [-0.15, -0.1) is 0 Å². The van der Waals surface area contributed by atoms with Crippen LogP contribution in [0.4, 0.5) is 10.5 Å². The number of aromatic amines is 1. The third-order valence-electron chi connectivity index (χ3n) is 10.6. The van der Waals surface area contributed by atoms with E-state index in [0.29, 0.717) is 65.5 Å². The molecule has 1 aromatic heterocycles. The summed E-state index contributed by atoms with van der Waals surface area (Å²) in [5.74, 6) is -0.151. The Labute approximate surface area is 300 Å². The highest BCUT2D eigenvalue weighted by Gasteiger charge is 2.40. The minimum Gasteiger partial charge on any atom is -0.508 e. The zero-order chi connectivity index (χ0) is 36.7. The Hall–Kier alpha value is -5.63. The number of aliphatic hydroxyl groups is 1. The molecule has 2 saturated heterocycles. The van der Waals surface area contributed by atoms with Crippen LogP contribution >= 0.6 is 0 Å². The summed E-state index contributed by atoms with van der Waals surface area (Å²) in [7, 11) is 0. The summed E-state index contributed by atoms with van der Waals surface area (Å²) in [4.78, 5) is 55.1. The van der Waals surface area contributed by atoms with Gasteiger partial charge >= 0.3 is 11.7 Å². The average molecular weight is 710 g/mol. The van der Waals surface area contributed by atoms with Crippen molar-refractivity contribution in [3.8, 4) is 28.6 Å². The molecule has 4 heterocycles. The summed E-state index contributed by atoms with van der Waals surface area (Å²) in [5.41, 5.74) is 3.95. The normalized spacial score (nSPS) is 19.2. The molecule has 14 heteroatoms. The third-order valence-corrected chi connectivity index (χ3v) is 10.6. The molecule has 0 radical (unpaired) electrons. The number of fused-ring (bicyclic) bond motifs is 1. The Bertz CT molecular complexity index is 2060. The number of piperidine rings is 2. The number of aromatic nitrogens is 3. The van der Waals surface area contributed by atoms with Crippen molar-refractivity contribution in [2.45, 2.75) is 77.1 Å². The van der Waals surface area contributed by atoms with Gasteiger partial charge in [-0.2, -0.15) is 5.10 Å². The molecule has 0 bridgehead atoms. The molecule has 2 fully saturated rings. The molecule has 7 rings (SSSR count). The molecule has 0 saturated carbocycles. The second-order valence-corrected chi connectivity index (χ2v) is 14.2. The van der Waals surface area contributed by atoms with Gasteiger partial charge in [0.05, 0.1) is 11.3 Å². The number of amides is 4. The lowest BCUT2D eigenvalue weighted by molar-refractivity contribution is -0.132. The van der Waals surface area contributed by atoms with E-state index in [2.05, 4.69) is 20.8 Å². The van der Waals surface area contributed by atoms with Crippen LogP contribution in [0, 0.1) is 5.92 Å². The highest BCUT2D eigenvalue weighted by molar-refractivity contribution is 6.04. The van der Waals surface area contributed by atoms with Crippen molar-refractivity contribution in [3.05, 3.63) is 87.3 Å². The van der Waals surface area contributed by atoms with Crippen molar-refractivity contribution in [1.82, 2.24) is 29.9 Å². The molecule has 0 spiro atoms. The average Bonchev–Trinajstić information content (AvgIpc) is 3.67. The number of phenolic OH excluding ortho intramolecular Hbond substituents is 2. The molecule has 0 aliphatic carbocycles. The maximum absolute atomic E-state index is 13.3. The highest BCUT2D eigenvalue weighted by atomic mass is 16.3. The van der Waals surface area contributed by atoms with Crippen LogP contribution < -0.4 is 16.3 Å². The van der Waals surface area contributed by atoms with E-state index in [1.54, 1.807) is 29.2 Å². The molecule has 2 unspecified atom stereocenters. The van der Waals surface area contributed by atoms with Gasteiger partial charge in [0, 0.05) is 42.5 Å². The van der Waals surface area contributed by atoms with E-state index in [-0.39, 0.29) is 47.6 Å². The molecule has 3 aliphatic rings. The molecule has 3 aromatic carbocycles. The van der Waals surface area contributed by atoms with E-state index in [1.807, 2.05) is 38.1 Å². The first kappa shape index (κ1) is 34.8. The number of nitrogens with zero attached hydrogens (tertiary/aromatic N) is 4. The fourth-order valence-corrected chi connectivity index (χ4v) is 7.55. The van der Waals surface area contributed by atoms with Gasteiger partial charge in [0.2, 0.25) is 5.91 Å². The second-order valence-electron chi connectivity index (χ2n) is 14.2. The van der Waals surface area contributed by atoms with Gasteiger partial charge < -0.3 is 35.8 Å². The number of hydrogen-bond donors (Lipinski definition) is 6. The van der Waals surface area contributed by atoms with E-state index >= 15 is 0 Å². The summed E-state index contributed by atoms with van der Waals surface area (Å²) in [6.07, 6.45) is 3.33. The van der Waals surface area contributed by atoms with Crippen LogP contribution in [0.5, 0.6) is 11.5 Å². The lowest BCUT2D eigenvalue weighted by Crippen LogP contribution is -2.54. The first-order chi connectivity index (χ1) is 25.0.